The van der Waals surface area contributed by atoms with Crippen LogP contribution in [0.5, 0.6) is 0 Å². The average molecular weight is 427 g/mol. The van der Waals surface area contributed by atoms with Crippen LogP contribution in [-0.2, 0) is 16.4 Å². The SMILES string of the molecule is CC1CCC(S(=O)(=O)c2ccc(CNC(=O)c3cc4ccncc4o3)cc2)C(C)C1. The van der Waals surface area contributed by atoms with Gasteiger partial charge in [0, 0.05) is 18.1 Å². The van der Waals surface area contributed by atoms with Gasteiger partial charge in [-0.25, -0.2) is 8.42 Å². The molecule has 4 rings (SSSR count). The number of carbonyl (C=O) groups excluding carboxylic acids is 1. The molecular formula is C23H26N2O4S. The van der Waals surface area contributed by atoms with E-state index in [1.54, 1.807) is 48.8 Å². The highest BCUT2D eigenvalue weighted by Gasteiger charge is 2.36. The largest absolute Gasteiger partial charge is 0.449 e. The van der Waals surface area contributed by atoms with Gasteiger partial charge in [0.25, 0.3) is 5.91 Å². The number of carbonyl (C=O) groups is 1. The third-order valence-electron chi connectivity index (χ3n) is 6.00. The number of sulfone groups is 1. The zero-order chi connectivity index (χ0) is 21.3. The van der Waals surface area contributed by atoms with Crippen molar-refractivity contribution in [1.82, 2.24) is 10.3 Å². The molecule has 0 radical (unpaired) electrons. The van der Waals surface area contributed by atoms with E-state index in [9.17, 15) is 13.2 Å². The fraction of sp³-hybridized carbons (Fsp3) is 0.391. The highest BCUT2D eigenvalue weighted by Crippen LogP contribution is 2.35. The van der Waals surface area contributed by atoms with Gasteiger partial charge in [0.1, 0.15) is 0 Å². The van der Waals surface area contributed by atoms with Gasteiger partial charge in [-0.15, -0.1) is 0 Å². The molecule has 1 fully saturated rings. The molecule has 1 N–H and O–H groups in total. The van der Waals surface area contributed by atoms with Crippen molar-refractivity contribution in [2.45, 2.75) is 49.8 Å². The van der Waals surface area contributed by atoms with E-state index in [1.165, 1.54) is 0 Å². The third kappa shape index (κ3) is 4.12. The molecule has 1 amide bonds. The molecule has 2 heterocycles. The van der Waals surface area contributed by atoms with Crippen LogP contribution in [0.15, 0.2) is 58.1 Å². The van der Waals surface area contributed by atoms with Crippen LogP contribution in [0.1, 0.15) is 49.2 Å². The number of furan rings is 1. The fourth-order valence-electron chi connectivity index (χ4n) is 4.34. The van der Waals surface area contributed by atoms with Gasteiger partial charge < -0.3 is 9.73 Å². The Kier molecular flexibility index (Phi) is 5.64. The van der Waals surface area contributed by atoms with Crippen LogP contribution in [0.25, 0.3) is 11.0 Å². The van der Waals surface area contributed by atoms with Crippen molar-refractivity contribution >= 4 is 26.7 Å². The Morgan fingerprint density at radius 1 is 1.17 bits per heavy atom. The maximum absolute atomic E-state index is 13.1. The molecule has 0 aliphatic heterocycles. The second kappa shape index (κ2) is 8.22. The summed E-state index contributed by atoms with van der Waals surface area (Å²) in [5, 5.41) is 3.31. The quantitative estimate of drug-likeness (QED) is 0.655. The minimum absolute atomic E-state index is 0.164. The first-order valence-corrected chi connectivity index (χ1v) is 11.8. The van der Waals surface area contributed by atoms with Crippen molar-refractivity contribution in [2.24, 2.45) is 11.8 Å². The van der Waals surface area contributed by atoms with Crippen LogP contribution in [-0.4, -0.2) is 24.6 Å². The standard InChI is InChI=1S/C23H26N2O4S/c1-15-3-8-22(16(2)11-15)30(27,28)19-6-4-17(5-7-19)13-25-23(26)20-12-18-9-10-24-14-21(18)29-20/h4-7,9-10,12,14-16,22H,3,8,11,13H2,1-2H3,(H,25,26). The molecule has 158 valence electrons. The summed E-state index contributed by atoms with van der Waals surface area (Å²) in [4.78, 5) is 16.7. The van der Waals surface area contributed by atoms with E-state index in [0.29, 0.717) is 16.4 Å². The Labute approximate surface area is 176 Å². The van der Waals surface area contributed by atoms with Crippen LogP contribution in [0.4, 0.5) is 0 Å². The van der Waals surface area contributed by atoms with E-state index >= 15 is 0 Å². The number of amides is 1. The lowest BCUT2D eigenvalue weighted by Gasteiger charge is -2.32. The Balaban J connectivity index is 1.41. The first-order valence-electron chi connectivity index (χ1n) is 10.3. The smallest absolute Gasteiger partial charge is 0.287 e. The molecule has 7 heteroatoms. The Hall–Kier alpha value is -2.67. The second-order valence-corrected chi connectivity index (χ2v) is 10.5. The molecule has 6 nitrogen and oxygen atoms in total. The van der Waals surface area contributed by atoms with Crippen LogP contribution in [0.3, 0.4) is 0 Å². The number of hydrogen-bond donors (Lipinski definition) is 1. The second-order valence-electron chi connectivity index (χ2n) is 8.33. The summed E-state index contributed by atoms with van der Waals surface area (Å²) < 4.78 is 31.6. The molecule has 0 spiro atoms. The van der Waals surface area contributed by atoms with Crippen molar-refractivity contribution in [2.75, 3.05) is 0 Å². The summed E-state index contributed by atoms with van der Waals surface area (Å²) in [5.74, 6) is 0.642. The zero-order valence-electron chi connectivity index (χ0n) is 17.2. The molecule has 0 bridgehead atoms. The van der Waals surface area contributed by atoms with Gasteiger partial charge in [0.15, 0.2) is 21.2 Å². The van der Waals surface area contributed by atoms with E-state index in [1.807, 2.05) is 6.92 Å². The van der Waals surface area contributed by atoms with Gasteiger partial charge in [0.05, 0.1) is 16.3 Å². The number of aromatic nitrogens is 1. The van der Waals surface area contributed by atoms with Crippen molar-refractivity contribution in [3.8, 4) is 0 Å². The molecule has 1 saturated carbocycles. The van der Waals surface area contributed by atoms with Gasteiger partial charge in [-0.1, -0.05) is 26.0 Å². The van der Waals surface area contributed by atoms with Crippen molar-refractivity contribution in [3.63, 3.8) is 0 Å². The van der Waals surface area contributed by atoms with E-state index < -0.39 is 9.84 Å². The monoisotopic (exact) mass is 426 g/mol. The predicted octanol–water partition coefficient (Wildman–Crippen LogP) is 4.36. The molecule has 3 aromatic rings. The maximum atomic E-state index is 13.1. The highest BCUT2D eigenvalue weighted by atomic mass is 32.2. The fourth-order valence-corrected chi connectivity index (χ4v) is 6.37. The van der Waals surface area contributed by atoms with E-state index in [2.05, 4.69) is 17.2 Å². The number of benzene rings is 1. The topological polar surface area (TPSA) is 89.3 Å². The minimum Gasteiger partial charge on any atom is -0.449 e. The summed E-state index contributed by atoms with van der Waals surface area (Å²) in [6.45, 7) is 4.51. The minimum atomic E-state index is -3.35. The molecule has 3 atom stereocenters. The number of hydrogen-bond acceptors (Lipinski definition) is 5. The zero-order valence-corrected chi connectivity index (χ0v) is 18.0. The van der Waals surface area contributed by atoms with E-state index in [0.717, 1.165) is 30.2 Å². The highest BCUT2D eigenvalue weighted by molar-refractivity contribution is 7.92. The van der Waals surface area contributed by atoms with Gasteiger partial charge in [-0.2, -0.15) is 0 Å². The van der Waals surface area contributed by atoms with Crippen LogP contribution >= 0.6 is 0 Å². The maximum Gasteiger partial charge on any atom is 0.287 e. The van der Waals surface area contributed by atoms with Gasteiger partial charge in [0.2, 0.25) is 0 Å². The van der Waals surface area contributed by atoms with E-state index in [4.69, 9.17) is 4.42 Å². The summed E-state index contributed by atoms with van der Waals surface area (Å²) in [7, 11) is -3.35. The number of pyridine rings is 1. The van der Waals surface area contributed by atoms with E-state index in [-0.39, 0.29) is 29.4 Å². The number of nitrogens with one attached hydrogen (secondary N) is 1. The lowest BCUT2D eigenvalue weighted by Crippen LogP contribution is -2.33. The Morgan fingerprint density at radius 2 is 1.93 bits per heavy atom. The molecule has 0 saturated heterocycles. The number of rotatable bonds is 5. The molecule has 30 heavy (non-hydrogen) atoms. The summed E-state index contributed by atoms with van der Waals surface area (Å²) in [6, 6.07) is 10.3. The first kappa shape index (κ1) is 20.6. The molecular weight excluding hydrogens is 400 g/mol. The summed E-state index contributed by atoms with van der Waals surface area (Å²) >= 11 is 0. The van der Waals surface area contributed by atoms with Crippen molar-refractivity contribution in [1.29, 1.82) is 0 Å². The predicted molar refractivity (Wildman–Crippen MR) is 115 cm³/mol. The van der Waals surface area contributed by atoms with Crippen molar-refractivity contribution < 1.29 is 17.6 Å². The lowest BCUT2D eigenvalue weighted by molar-refractivity contribution is 0.0925. The number of nitrogens with zero attached hydrogens (tertiary/aromatic N) is 1. The Bertz CT molecular complexity index is 1120. The molecule has 1 aromatic carbocycles. The number of fused-ring (bicyclic) bond motifs is 1. The first-order chi connectivity index (χ1) is 14.3. The summed E-state index contributed by atoms with van der Waals surface area (Å²) in [5.41, 5.74) is 1.38. The van der Waals surface area contributed by atoms with Crippen LogP contribution in [0.2, 0.25) is 0 Å². The van der Waals surface area contributed by atoms with Gasteiger partial charge in [-0.05, 0) is 60.9 Å². The third-order valence-corrected chi connectivity index (χ3v) is 8.43. The van der Waals surface area contributed by atoms with Crippen LogP contribution in [0, 0.1) is 11.8 Å². The van der Waals surface area contributed by atoms with Crippen molar-refractivity contribution in [3.05, 3.63) is 60.1 Å². The normalized spacial score (nSPS) is 22.1. The molecule has 2 aromatic heterocycles. The molecule has 1 aliphatic carbocycles. The molecule has 3 unspecified atom stereocenters. The summed E-state index contributed by atoms with van der Waals surface area (Å²) in [6.07, 6.45) is 5.83. The van der Waals surface area contributed by atoms with Crippen LogP contribution < -0.4 is 5.32 Å². The van der Waals surface area contributed by atoms with Gasteiger partial charge >= 0.3 is 0 Å². The molecule has 1 aliphatic rings. The lowest BCUT2D eigenvalue weighted by atomic mass is 9.83. The average Bonchev–Trinajstić information content (AvgIpc) is 3.16. The Morgan fingerprint density at radius 3 is 2.63 bits per heavy atom. The van der Waals surface area contributed by atoms with Gasteiger partial charge in [-0.3, -0.25) is 9.78 Å².